The number of rotatable bonds is 4. The Morgan fingerprint density at radius 3 is 2.85 bits per heavy atom. The van der Waals surface area contributed by atoms with Gasteiger partial charge in [0.05, 0.1) is 0 Å². The molecule has 0 fully saturated rings. The molecule has 0 aliphatic heterocycles. The normalized spacial score (nSPS) is 10.8. The van der Waals surface area contributed by atoms with Gasteiger partial charge in [-0.25, -0.2) is 0 Å². The molecule has 2 aromatic rings. The van der Waals surface area contributed by atoms with Crippen molar-refractivity contribution >= 4 is 11.8 Å². The van der Waals surface area contributed by atoms with Crippen molar-refractivity contribution in [1.82, 2.24) is 14.8 Å². The maximum atomic E-state index is 11.3. The number of nitrogens with two attached hydrogens (primary N) is 1. The first-order valence-electron chi connectivity index (χ1n) is 6.16. The fourth-order valence-corrected chi connectivity index (χ4v) is 2.74. The van der Waals surface area contributed by atoms with Crippen LogP contribution < -0.4 is 16.9 Å². The van der Waals surface area contributed by atoms with Crippen LogP contribution in [-0.2, 0) is 13.5 Å². The zero-order valence-corrected chi connectivity index (χ0v) is 12.2. The van der Waals surface area contributed by atoms with Crippen LogP contribution in [0.1, 0.15) is 11.1 Å². The summed E-state index contributed by atoms with van der Waals surface area (Å²) in [5.74, 6) is 0. The number of aromatic amines is 1. The Labute approximate surface area is 120 Å². The van der Waals surface area contributed by atoms with Crippen LogP contribution in [0.3, 0.4) is 0 Å². The third-order valence-electron chi connectivity index (χ3n) is 2.78. The average Bonchev–Trinajstić information content (AvgIpc) is 2.39. The van der Waals surface area contributed by atoms with Gasteiger partial charge >= 0.3 is 11.1 Å². The highest BCUT2D eigenvalue weighted by molar-refractivity contribution is 7.99. The summed E-state index contributed by atoms with van der Waals surface area (Å²) in [7, 11) is 1.65. The summed E-state index contributed by atoms with van der Waals surface area (Å²) < 4.78 is 1.44. The molecule has 0 saturated carbocycles. The van der Waals surface area contributed by atoms with Gasteiger partial charge in [-0.2, -0.15) is 4.98 Å². The van der Waals surface area contributed by atoms with E-state index in [-0.39, 0.29) is 0 Å². The highest BCUT2D eigenvalue weighted by Crippen LogP contribution is 2.28. The van der Waals surface area contributed by atoms with Crippen molar-refractivity contribution in [3.63, 3.8) is 0 Å². The SMILES string of the molecule is Cc1ccc(Sc2nc(=O)c(=O)[nH]n2C)c(CCN)c1. The van der Waals surface area contributed by atoms with E-state index in [9.17, 15) is 9.59 Å². The van der Waals surface area contributed by atoms with E-state index in [0.717, 1.165) is 22.4 Å². The number of aromatic nitrogens is 3. The van der Waals surface area contributed by atoms with Crippen LogP contribution in [0.25, 0.3) is 0 Å². The van der Waals surface area contributed by atoms with Gasteiger partial charge < -0.3 is 5.73 Å². The molecule has 106 valence electrons. The highest BCUT2D eigenvalue weighted by Gasteiger charge is 2.09. The van der Waals surface area contributed by atoms with E-state index < -0.39 is 11.1 Å². The fourth-order valence-electron chi connectivity index (χ4n) is 1.81. The molecule has 1 aromatic heterocycles. The second-order valence-corrected chi connectivity index (χ2v) is 5.46. The second-order valence-electron chi connectivity index (χ2n) is 4.45. The van der Waals surface area contributed by atoms with E-state index in [1.54, 1.807) is 7.05 Å². The quantitative estimate of drug-likeness (QED) is 0.797. The Bertz CT molecular complexity index is 736. The van der Waals surface area contributed by atoms with Gasteiger partial charge in [-0.05, 0) is 43.3 Å². The van der Waals surface area contributed by atoms with Crippen LogP contribution in [0.4, 0.5) is 0 Å². The van der Waals surface area contributed by atoms with E-state index >= 15 is 0 Å². The molecule has 6 nitrogen and oxygen atoms in total. The molecule has 0 saturated heterocycles. The van der Waals surface area contributed by atoms with Gasteiger partial charge in [0.15, 0.2) is 5.16 Å². The summed E-state index contributed by atoms with van der Waals surface area (Å²) in [6.07, 6.45) is 0.751. The Morgan fingerprint density at radius 1 is 1.40 bits per heavy atom. The van der Waals surface area contributed by atoms with Crippen LogP contribution >= 0.6 is 11.8 Å². The molecule has 0 spiro atoms. The van der Waals surface area contributed by atoms with E-state index in [1.807, 2.05) is 19.1 Å². The summed E-state index contributed by atoms with van der Waals surface area (Å²) in [5, 5.41) is 2.87. The molecule has 0 radical (unpaired) electrons. The van der Waals surface area contributed by atoms with Gasteiger partial charge in [0.1, 0.15) is 0 Å². The summed E-state index contributed by atoms with van der Waals surface area (Å²) in [6.45, 7) is 2.57. The monoisotopic (exact) mass is 292 g/mol. The van der Waals surface area contributed by atoms with Gasteiger partial charge in [-0.15, -0.1) is 0 Å². The van der Waals surface area contributed by atoms with E-state index in [0.29, 0.717) is 11.7 Å². The molecule has 0 bridgehead atoms. The summed E-state index contributed by atoms with van der Waals surface area (Å²) in [6, 6.07) is 6.04. The lowest BCUT2D eigenvalue weighted by Gasteiger charge is -2.10. The minimum absolute atomic E-state index is 0.441. The first-order valence-corrected chi connectivity index (χ1v) is 6.97. The zero-order chi connectivity index (χ0) is 14.7. The molecule has 7 heteroatoms. The Balaban J connectivity index is 2.42. The minimum Gasteiger partial charge on any atom is -0.330 e. The van der Waals surface area contributed by atoms with Crippen molar-refractivity contribution in [2.75, 3.05) is 6.54 Å². The van der Waals surface area contributed by atoms with Crippen LogP contribution in [0, 0.1) is 6.92 Å². The lowest BCUT2D eigenvalue weighted by atomic mass is 10.1. The van der Waals surface area contributed by atoms with Crippen molar-refractivity contribution in [2.24, 2.45) is 12.8 Å². The van der Waals surface area contributed by atoms with E-state index in [4.69, 9.17) is 5.73 Å². The molecule has 0 atom stereocenters. The third kappa shape index (κ3) is 3.17. The van der Waals surface area contributed by atoms with Crippen LogP contribution in [-0.4, -0.2) is 21.3 Å². The van der Waals surface area contributed by atoms with Crippen molar-refractivity contribution in [3.05, 3.63) is 50.0 Å². The summed E-state index contributed by atoms with van der Waals surface area (Å²) in [4.78, 5) is 27.3. The maximum Gasteiger partial charge on any atom is 0.339 e. The molecule has 0 aliphatic carbocycles. The molecule has 20 heavy (non-hydrogen) atoms. The number of H-pyrrole nitrogens is 1. The van der Waals surface area contributed by atoms with Crippen LogP contribution in [0.2, 0.25) is 0 Å². The van der Waals surface area contributed by atoms with Gasteiger partial charge in [0, 0.05) is 11.9 Å². The second kappa shape index (κ2) is 6.06. The van der Waals surface area contributed by atoms with Crippen LogP contribution in [0.15, 0.2) is 37.8 Å². The topological polar surface area (TPSA) is 93.8 Å². The van der Waals surface area contributed by atoms with Crippen molar-refractivity contribution in [3.8, 4) is 0 Å². The van der Waals surface area contributed by atoms with Crippen LogP contribution in [0.5, 0.6) is 0 Å². The molecular weight excluding hydrogens is 276 g/mol. The zero-order valence-electron chi connectivity index (χ0n) is 11.3. The number of aryl methyl sites for hydroxylation is 2. The van der Waals surface area contributed by atoms with Gasteiger partial charge in [-0.1, -0.05) is 17.7 Å². The summed E-state index contributed by atoms with van der Waals surface area (Å²) in [5.41, 5.74) is 6.38. The number of nitrogens with zero attached hydrogens (tertiary/aromatic N) is 2. The first-order chi connectivity index (χ1) is 9.51. The lowest BCUT2D eigenvalue weighted by molar-refractivity contribution is 0.596. The molecule has 0 amide bonds. The summed E-state index contributed by atoms with van der Waals surface area (Å²) >= 11 is 1.34. The van der Waals surface area contributed by atoms with Gasteiger partial charge in [0.2, 0.25) is 0 Å². The Hall–Kier alpha value is -1.86. The minimum atomic E-state index is -0.780. The molecular formula is C13H16N4O2S. The molecule has 0 aliphatic rings. The molecule has 2 rings (SSSR count). The highest BCUT2D eigenvalue weighted by atomic mass is 32.2. The predicted molar refractivity (Wildman–Crippen MR) is 78.2 cm³/mol. The average molecular weight is 292 g/mol. The molecule has 1 aromatic carbocycles. The fraction of sp³-hybridized carbons (Fsp3) is 0.308. The van der Waals surface area contributed by atoms with E-state index in [2.05, 4.69) is 16.1 Å². The lowest BCUT2D eigenvalue weighted by Crippen LogP contribution is -2.33. The number of hydrogen-bond donors (Lipinski definition) is 2. The number of hydrogen-bond acceptors (Lipinski definition) is 5. The standard InChI is InChI=1S/C13H16N4O2S/c1-8-3-4-10(9(7-8)5-6-14)20-13-15-11(18)12(19)16-17(13)2/h3-4,7H,5-6,14H2,1-2H3,(H,16,19). The Kier molecular flexibility index (Phi) is 4.41. The van der Waals surface area contributed by atoms with E-state index in [1.165, 1.54) is 16.4 Å². The smallest absolute Gasteiger partial charge is 0.330 e. The Morgan fingerprint density at radius 2 is 2.15 bits per heavy atom. The maximum absolute atomic E-state index is 11.3. The molecule has 1 heterocycles. The molecule has 0 unspecified atom stereocenters. The molecule has 3 N–H and O–H groups in total. The predicted octanol–water partition coefficient (Wildman–Crippen LogP) is 0.429. The number of nitrogens with one attached hydrogen (secondary N) is 1. The van der Waals surface area contributed by atoms with Crippen molar-refractivity contribution in [2.45, 2.75) is 23.4 Å². The van der Waals surface area contributed by atoms with Gasteiger partial charge in [-0.3, -0.25) is 19.4 Å². The third-order valence-corrected chi connectivity index (χ3v) is 3.94. The largest absolute Gasteiger partial charge is 0.339 e. The first kappa shape index (κ1) is 14.5. The van der Waals surface area contributed by atoms with Gasteiger partial charge in [0.25, 0.3) is 0 Å². The number of benzene rings is 1. The van der Waals surface area contributed by atoms with Crippen molar-refractivity contribution < 1.29 is 0 Å². The van der Waals surface area contributed by atoms with Crippen molar-refractivity contribution in [1.29, 1.82) is 0 Å².